The van der Waals surface area contributed by atoms with Gasteiger partial charge in [-0.3, -0.25) is 0 Å². The van der Waals surface area contributed by atoms with E-state index in [9.17, 15) is 0 Å². The molecule has 0 spiro atoms. The van der Waals surface area contributed by atoms with Gasteiger partial charge >= 0.3 is 0 Å². The van der Waals surface area contributed by atoms with Crippen molar-refractivity contribution < 1.29 is 9.84 Å². The molecule has 0 radical (unpaired) electrons. The molecule has 0 aromatic heterocycles. The lowest BCUT2D eigenvalue weighted by Crippen LogP contribution is -2.15. The minimum Gasteiger partial charge on any atom is -0.494 e. The first kappa shape index (κ1) is 13.2. The number of aliphatic hydroxyl groups excluding tert-OH is 1. The normalized spacial score (nSPS) is 11.6. The number of aliphatic hydroxyl groups is 1. The van der Waals surface area contributed by atoms with E-state index in [2.05, 4.69) is 0 Å². The van der Waals surface area contributed by atoms with E-state index >= 15 is 0 Å². The third kappa shape index (κ3) is 3.18. The maximum atomic E-state index is 8.90. The topological polar surface area (TPSA) is 55.5 Å². The minimum absolute atomic E-state index is 0. The number of ether oxygens (including phenoxy) is 1. The Morgan fingerprint density at radius 3 is 2.64 bits per heavy atom. The molecule has 3 nitrogen and oxygen atoms in total. The van der Waals surface area contributed by atoms with Gasteiger partial charge in [-0.05, 0) is 13.0 Å². The van der Waals surface area contributed by atoms with Gasteiger partial charge in [-0.2, -0.15) is 0 Å². The van der Waals surface area contributed by atoms with Gasteiger partial charge in [0.05, 0.1) is 19.3 Å². The lowest BCUT2D eigenvalue weighted by atomic mass is 10.1. The Kier molecular flexibility index (Phi) is 6.28. The second kappa shape index (κ2) is 6.65. The van der Waals surface area contributed by atoms with Crippen molar-refractivity contribution in [2.45, 2.75) is 13.0 Å². The van der Waals surface area contributed by atoms with Gasteiger partial charge in [0.1, 0.15) is 5.75 Å². The molecule has 1 aromatic rings. The molecule has 0 bridgehead atoms. The van der Waals surface area contributed by atoms with E-state index in [1.165, 1.54) is 0 Å². The van der Waals surface area contributed by atoms with Crippen molar-refractivity contribution in [2.75, 3.05) is 13.2 Å². The summed E-state index contributed by atoms with van der Waals surface area (Å²) < 4.78 is 5.37. The molecule has 0 amide bonds. The first-order valence-corrected chi connectivity index (χ1v) is 4.37. The van der Waals surface area contributed by atoms with Gasteiger partial charge in [0.2, 0.25) is 0 Å². The highest BCUT2D eigenvalue weighted by atomic mass is 35.5. The van der Waals surface area contributed by atoms with Crippen LogP contribution < -0.4 is 10.5 Å². The molecular weight excluding hydrogens is 202 g/mol. The predicted octanol–water partition coefficient (Wildman–Crippen LogP) is 1.50. The first-order valence-electron chi connectivity index (χ1n) is 4.37. The molecule has 0 saturated heterocycles. The van der Waals surface area contributed by atoms with E-state index in [4.69, 9.17) is 15.6 Å². The van der Waals surface area contributed by atoms with Crippen LogP contribution in [0.5, 0.6) is 5.75 Å². The minimum atomic E-state index is -0.359. The van der Waals surface area contributed by atoms with Gasteiger partial charge in [-0.1, -0.05) is 18.2 Å². The first-order chi connectivity index (χ1) is 6.29. The molecule has 0 aliphatic heterocycles. The van der Waals surface area contributed by atoms with Crippen molar-refractivity contribution in [2.24, 2.45) is 5.73 Å². The number of halogens is 1. The van der Waals surface area contributed by atoms with Gasteiger partial charge in [0, 0.05) is 5.56 Å². The van der Waals surface area contributed by atoms with E-state index in [1.54, 1.807) is 0 Å². The summed E-state index contributed by atoms with van der Waals surface area (Å²) in [5, 5.41) is 8.90. The van der Waals surface area contributed by atoms with E-state index in [0.717, 1.165) is 11.3 Å². The van der Waals surface area contributed by atoms with Crippen LogP contribution in [0.2, 0.25) is 0 Å². The molecule has 1 rings (SSSR count). The summed E-state index contributed by atoms with van der Waals surface area (Å²) in [6.07, 6.45) is 0. The highest BCUT2D eigenvalue weighted by Gasteiger charge is 2.09. The van der Waals surface area contributed by atoms with Crippen LogP contribution >= 0.6 is 12.4 Å². The van der Waals surface area contributed by atoms with Crippen LogP contribution in [-0.2, 0) is 0 Å². The Balaban J connectivity index is 0.00000169. The summed E-state index contributed by atoms with van der Waals surface area (Å²) in [5.74, 6) is 0.756. The largest absolute Gasteiger partial charge is 0.494 e. The van der Waals surface area contributed by atoms with Crippen LogP contribution in [-0.4, -0.2) is 18.3 Å². The fraction of sp³-hybridized carbons (Fsp3) is 0.400. The Morgan fingerprint density at radius 2 is 2.07 bits per heavy atom. The van der Waals surface area contributed by atoms with Gasteiger partial charge in [-0.25, -0.2) is 0 Å². The highest BCUT2D eigenvalue weighted by molar-refractivity contribution is 5.85. The zero-order valence-corrected chi connectivity index (χ0v) is 8.96. The van der Waals surface area contributed by atoms with Crippen molar-refractivity contribution in [3.05, 3.63) is 29.8 Å². The number of hydrogen-bond donors (Lipinski definition) is 2. The number of rotatable bonds is 4. The second-order valence-electron chi connectivity index (χ2n) is 2.76. The van der Waals surface area contributed by atoms with Crippen LogP contribution in [0.4, 0.5) is 0 Å². The summed E-state index contributed by atoms with van der Waals surface area (Å²) in [6.45, 7) is 2.46. The Bertz CT molecular complexity index is 268. The quantitative estimate of drug-likeness (QED) is 0.804. The third-order valence-corrected chi connectivity index (χ3v) is 1.82. The van der Waals surface area contributed by atoms with Crippen molar-refractivity contribution in [3.63, 3.8) is 0 Å². The lowest BCUT2D eigenvalue weighted by molar-refractivity contribution is 0.261. The van der Waals surface area contributed by atoms with Crippen molar-refractivity contribution in [3.8, 4) is 5.75 Å². The number of nitrogens with two attached hydrogens (primary N) is 1. The second-order valence-corrected chi connectivity index (χ2v) is 2.76. The van der Waals surface area contributed by atoms with Crippen LogP contribution in [0.1, 0.15) is 18.5 Å². The monoisotopic (exact) mass is 217 g/mol. The summed E-state index contributed by atoms with van der Waals surface area (Å²) in [4.78, 5) is 0. The van der Waals surface area contributed by atoms with E-state index in [1.807, 2.05) is 31.2 Å². The average Bonchev–Trinajstić information content (AvgIpc) is 2.18. The maximum Gasteiger partial charge on any atom is 0.124 e. The molecule has 0 aliphatic carbocycles. The molecule has 0 heterocycles. The molecule has 14 heavy (non-hydrogen) atoms. The SMILES string of the molecule is CCOc1ccccc1[C@H](N)CO.Cl. The van der Waals surface area contributed by atoms with Crippen molar-refractivity contribution in [1.82, 2.24) is 0 Å². The molecule has 4 heteroatoms. The molecule has 0 fully saturated rings. The fourth-order valence-electron chi connectivity index (χ4n) is 1.17. The zero-order valence-electron chi connectivity index (χ0n) is 8.14. The zero-order chi connectivity index (χ0) is 9.68. The summed E-state index contributed by atoms with van der Waals surface area (Å²) in [6, 6.07) is 7.13. The lowest BCUT2D eigenvalue weighted by Gasteiger charge is -2.13. The number of para-hydroxylation sites is 1. The van der Waals surface area contributed by atoms with Crippen LogP contribution in [0.25, 0.3) is 0 Å². The fourth-order valence-corrected chi connectivity index (χ4v) is 1.17. The van der Waals surface area contributed by atoms with Gasteiger partial charge in [-0.15, -0.1) is 12.4 Å². The smallest absolute Gasteiger partial charge is 0.124 e. The van der Waals surface area contributed by atoms with Crippen molar-refractivity contribution in [1.29, 1.82) is 0 Å². The predicted molar refractivity (Wildman–Crippen MR) is 58.9 cm³/mol. The molecule has 0 unspecified atom stereocenters. The maximum absolute atomic E-state index is 8.90. The molecule has 0 aliphatic rings. The van der Waals surface area contributed by atoms with E-state index in [-0.39, 0.29) is 25.1 Å². The molecule has 1 aromatic carbocycles. The molecule has 3 N–H and O–H groups in total. The van der Waals surface area contributed by atoms with Gasteiger partial charge < -0.3 is 15.6 Å². The molecule has 0 saturated carbocycles. The Hall–Kier alpha value is -0.770. The summed E-state index contributed by atoms with van der Waals surface area (Å²) in [5.41, 5.74) is 6.55. The third-order valence-electron chi connectivity index (χ3n) is 1.82. The highest BCUT2D eigenvalue weighted by Crippen LogP contribution is 2.22. The van der Waals surface area contributed by atoms with Gasteiger partial charge in [0.15, 0.2) is 0 Å². The van der Waals surface area contributed by atoms with Crippen LogP contribution in [0, 0.1) is 0 Å². The molecule has 1 atom stereocenters. The number of hydrogen-bond acceptors (Lipinski definition) is 3. The van der Waals surface area contributed by atoms with Gasteiger partial charge in [0.25, 0.3) is 0 Å². The molecule has 80 valence electrons. The van der Waals surface area contributed by atoms with E-state index < -0.39 is 0 Å². The standard InChI is InChI=1S/C10H15NO2.ClH/c1-2-13-10-6-4-3-5-8(10)9(11)7-12;/h3-6,9,12H,2,7,11H2,1H3;1H/t9-;/m1./s1. The average molecular weight is 218 g/mol. The Morgan fingerprint density at radius 1 is 1.43 bits per heavy atom. The van der Waals surface area contributed by atoms with E-state index in [0.29, 0.717) is 6.61 Å². The summed E-state index contributed by atoms with van der Waals surface area (Å²) in [7, 11) is 0. The van der Waals surface area contributed by atoms with Crippen LogP contribution in [0.15, 0.2) is 24.3 Å². The van der Waals surface area contributed by atoms with Crippen molar-refractivity contribution >= 4 is 12.4 Å². The van der Waals surface area contributed by atoms with Crippen LogP contribution in [0.3, 0.4) is 0 Å². The summed E-state index contributed by atoms with van der Waals surface area (Å²) >= 11 is 0. The molecular formula is C10H16ClNO2. The Labute approximate surface area is 90.3 Å². The number of benzene rings is 1.